The van der Waals surface area contributed by atoms with Crippen LogP contribution in [0.1, 0.15) is 0 Å². The molecule has 108 valence electrons. The zero-order valence-electron chi connectivity index (χ0n) is 11.9. The summed E-state index contributed by atoms with van der Waals surface area (Å²) in [5, 5.41) is 0.691. The van der Waals surface area contributed by atoms with Crippen LogP contribution < -0.4 is 5.73 Å². The number of rotatable bonds is 2. The van der Waals surface area contributed by atoms with E-state index in [2.05, 4.69) is 33.4 Å². The molecule has 20 heavy (non-hydrogen) atoms. The lowest BCUT2D eigenvalue weighted by molar-refractivity contribution is 0.104. The third-order valence-corrected chi connectivity index (χ3v) is 4.35. The molecular weight excluding hydrogens is 274 g/mol. The van der Waals surface area contributed by atoms with Gasteiger partial charge in [-0.1, -0.05) is 11.6 Å². The number of imidazole rings is 1. The summed E-state index contributed by atoms with van der Waals surface area (Å²) in [4.78, 5) is 9.16. The maximum atomic E-state index is 6.08. The lowest BCUT2D eigenvalue weighted by Gasteiger charge is -2.38. The molecule has 1 aromatic heterocycles. The number of fused-ring (bicyclic) bond motifs is 1. The van der Waals surface area contributed by atoms with Crippen LogP contribution in [0.15, 0.2) is 18.2 Å². The number of halogens is 1. The average Bonchev–Trinajstić information content (AvgIpc) is 2.69. The molecule has 2 aromatic rings. The molecule has 1 unspecified atom stereocenters. The Morgan fingerprint density at radius 2 is 2.15 bits per heavy atom. The van der Waals surface area contributed by atoms with Crippen molar-refractivity contribution < 1.29 is 0 Å². The summed E-state index contributed by atoms with van der Waals surface area (Å²) in [6.45, 7) is 4.09. The Kier molecular flexibility index (Phi) is 3.58. The highest BCUT2D eigenvalue weighted by atomic mass is 35.5. The summed E-state index contributed by atoms with van der Waals surface area (Å²) in [6.07, 6.45) is 0. The number of benzene rings is 1. The minimum atomic E-state index is 0.448. The first-order valence-electron chi connectivity index (χ1n) is 6.84. The van der Waals surface area contributed by atoms with E-state index in [0.29, 0.717) is 17.0 Å². The number of hydrogen-bond donors (Lipinski definition) is 1. The highest BCUT2D eigenvalue weighted by Crippen LogP contribution is 2.23. The number of likely N-dealkylation sites (N-methyl/N-ethyl adjacent to an activating group) is 2. The first-order valence-corrected chi connectivity index (χ1v) is 7.22. The average molecular weight is 294 g/mol. The van der Waals surface area contributed by atoms with Crippen molar-refractivity contribution in [1.29, 1.82) is 0 Å². The Hall–Kier alpha value is -1.30. The van der Waals surface area contributed by atoms with E-state index in [4.69, 9.17) is 17.3 Å². The van der Waals surface area contributed by atoms with Gasteiger partial charge in [0.05, 0.1) is 11.0 Å². The predicted molar refractivity (Wildman–Crippen MR) is 83.1 cm³/mol. The van der Waals surface area contributed by atoms with Crippen LogP contribution >= 0.6 is 11.6 Å². The number of anilines is 1. The van der Waals surface area contributed by atoms with Gasteiger partial charge in [-0.15, -0.1) is 0 Å². The Morgan fingerprint density at radius 3 is 2.95 bits per heavy atom. The van der Waals surface area contributed by atoms with E-state index in [1.54, 1.807) is 0 Å². The molecule has 0 radical (unpaired) electrons. The molecule has 2 N–H and O–H groups in total. The Bertz CT molecular complexity index is 623. The normalized spacial score (nSPS) is 21.6. The van der Waals surface area contributed by atoms with E-state index in [0.717, 1.165) is 37.2 Å². The number of nitrogens with zero attached hydrogens (tertiary/aromatic N) is 4. The lowest BCUT2D eigenvalue weighted by atomic mass is 10.2. The van der Waals surface area contributed by atoms with Crippen LogP contribution in [0.5, 0.6) is 0 Å². The maximum absolute atomic E-state index is 6.08. The smallest absolute Gasteiger partial charge is 0.201 e. The van der Waals surface area contributed by atoms with Crippen molar-refractivity contribution in [3.05, 3.63) is 23.2 Å². The molecule has 0 bridgehead atoms. The monoisotopic (exact) mass is 293 g/mol. The topological polar surface area (TPSA) is 50.3 Å². The van der Waals surface area contributed by atoms with E-state index in [1.165, 1.54) is 0 Å². The van der Waals surface area contributed by atoms with Crippen molar-refractivity contribution in [1.82, 2.24) is 19.4 Å². The van der Waals surface area contributed by atoms with Crippen LogP contribution in [0.4, 0.5) is 5.95 Å². The SMILES string of the molecule is CN1CCN(C)C(Cn2c(N)nc3cc(Cl)ccc32)C1. The fraction of sp³-hybridized carbons (Fsp3) is 0.500. The van der Waals surface area contributed by atoms with E-state index < -0.39 is 0 Å². The van der Waals surface area contributed by atoms with E-state index >= 15 is 0 Å². The molecule has 1 aliphatic rings. The zero-order chi connectivity index (χ0) is 14.3. The van der Waals surface area contributed by atoms with Crippen molar-refractivity contribution in [2.45, 2.75) is 12.6 Å². The van der Waals surface area contributed by atoms with Crippen molar-refractivity contribution in [3.63, 3.8) is 0 Å². The summed E-state index contributed by atoms with van der Waals surface area (Å²) < 4.78 is 2.09. The first kappa shape index (κ1) is 13.7. The fourth-order valence-electron chi connectivity index (χ4n) is 2.82. The van der Waals surface area contributed by atoms with Crippen molar-refractivity contribution >= 4 is 28.6 Å². The van der Waals surface area contributed by atoms with Crippen LogP contribution in [0, 0.1) is 0 Å². The van der Waals surface area contributed by atoms with Gasteiger partial charge in [0.2, 0.25) is 5.95 Å². The van der Waals surface area contributed by atoms with E-state index in [9.17, 15) is 0 Å². The van der Waals surface area contributed by atoms with E-state index in [1.807, 2.05) is 18.2 Å². The zero-order valence-corrected chi connectivity index (χ0v) is 12.6. The molecule has 1 fully saturated rings. The summed E-state index contributed by atoms with van der Waals surface area (Å²) in [7, 11) is 4.33. The number of nitrogen functional groups attached to an aromatic ring is 1. The third kappa shape index (κ3) is 2.49. The Balaban J connectivity index is 1.92. The van der Waals surface area contributed by atoms with Crippen LogP contribution in [0.2, 0.25) is 5.02 Å². The molecule has 2 heterocycles. The number of piperazine rings is 1. The minimum Gasteiger partial charge on any atom is -0.369 e. The lowest BCUT2D eigenvalue weighted by Crippen LogP contribution is -2.51. The summed E-state index contributed by atoms with van der Waals surface area (Å²) in [5.41, 5.74) is 7.99. The largest absolute Gasteiger partial charge is 0.369 e. The molecule has 1 atom stereocenters. The fourth-order valence-corrected chi connectivity index (χ4v) is 2.99. The Morgan fingerprint density at radius 1 is 1.35 bits per heavy atom. The second-order valence-corrected chi connectivity index (χ2v) is 6.05. The van der Waals surface area contributed by atoms with Gasteiger partial charge in [-0.3, -0.25) is 4.90 Å². The molecule has 5 nitrogen and oxygen atoms in total. The molecule has 1 aliphatic heterocycles. The van der Waals surface area contributed by atoms with Crippen LogP contribution in [-0.4, -0.2) is 59.1 Å². The van der Waals surface area contributed by atoms with Gasteiger partial charge in [0, 0.05) is 37.2 Å². The molecular formula is C14H20ClN5. The molecule has 1 saturated heterocycles. The summed E-state index contributed by atoms with van der Waals surface area (Å²) in [5.74, 6) is 0.559. The van der Waals surface area contributed by atoms with Gasteiger partial charge < -0.3 is 15.2 Å². The molecule has 0 saturated carbocycles. The molecule has 6 heteroatoms. The minimum absolute atomic E-state index is 0.448. The van der Waals surface area contributed by atoms with Gasteiger partial charge in [-0.05, 0) is 32.3 Å². The number of nitrogens with two attached hydrogens (primary N) is 1. The van der Waals surface area contributed by atoms with Gasteiger partial charge in [0.1, 0.15) is 0 Å². The third-order valence-electron chi connectivity index (χ3n) is 4.11. The maximum Gasteiger partial charge on any atom is 0.201 e. The first-order chi connectivity index (χ1) is 9.54. The van der Waals surface area contributed by atoms with Crippen molar-refractivity contribution in [3.8, 4) is 0 Å². The van der Waals surface area contributed by atoms with Crippen molar-refractivity contribution in [2.24, 2.45) is 0 Å². The predicted octanol–water partition coefficient (Wildman–Crippen LogP) is 1.52. The summed E-state index contributed by atoms with van der Waals surface area (Å²) >= 11 is 6.01. The van der Waals surface area contributed by atoms with Gasteiger partial charge in [-0.25, -0.2) is 4.98 Å². The van der Waals surface area contributed by atoms with Gasteiger partial charge in [0.15, 0.2) is 0 Å². The molecule has 0 spiro atoms. The number of aromatic nitrogens is 2. The van der Waals surface area contributed by atoms with Gasteiger partial charge >= 0.3 is 0 Å². The quantitative estimate of drug-likeness (QED) is 0.912. The van der Waals surface area contributed by atoms with Gasteiger partial charge in [-0.2, -0.15) is 0 Å². The highest BCUT2D eigenvalue weighted by molar-refractivity contribution is 6.31. The molecule has 3 rings (SSSR count). The van der Waals surface area contributed by atoms with E-state index in [-0.39, 0.29) is 0 Å². The standard InChI is InChI=1S/C14H20ClN5/c1-18-5-6-19(2)11(8-18)9-20-13-4-3-10(15)7-12(13)17-14(20)16/h3-4,7,11H,5-6,8-9H2,1-2H3,(H2,16,17). The summed E-state index contributed by atoms with van der Waals surface area (Å²) in [6, 6.07) is 6.19. The van der Waals surface area contributed by atoms with Crippen LogP contribution in [0.25, 0.3) is 11.0 Å². The second kappa shape index (κ2) is 5.24. The van der Waals surface area contributed by atoms with Crippen LogP contribution in [0.3, 0.4) is 0 Å². The molecule has 1 aromatic carbocycles. The number of hydrogen-bond acceptors (Lipinski definition) is 4. The van der Waals surface area contributed by atoms with Crippen molar-refractivity contribution in [2.75, 3.05) is 39.5 Å². The van der Waals surface area contributed by atoms with Gasteiger partial charge in [0.25, 0.3) is 0 Å². The van der Waals surface area contributed by atoms with Crippen LogP contribution in [-0.2, 0) is 6.54 Å². The second-order valence-electron chi connectivity index (χ2n) is 5.61. The Labute approximate surface area is 123 Å². The highest BCUT2D eigenvalue weighted by Gasteiger charge is 2.23. The molecule has 0 amide bonds. The molecule has 0 aliphatic carbocycles.